The van der Waals surface area contributed by atoms with Crippen LogP contribution < -0.4 is 10.0 Å². The van der Waals surface area contributed by atoms with Gasteiger partial charge in [-0.05, 0) is 55.3 Å². The van der Waals surface area contributed by atoms with Crippen LogP contribution in [0.4, 0.5) is 5.69 Å². The lowest BCUT2D eigenvalue weighted by molar-refractivity contribution is 0.0499. The Morgan fingerprint density at radius 1 is 1.09 bits per heavy atom. The maximum atomic E-state index is 12.6. The van der Waals surface area contributed by atoms with Gasteiger partial charge in [-0.25, -0.2) is 26.4 Å². The van der Waals surface area contributed by atoms with E-state index in [2.05, 4.69) is 10.0 Å². The first-order valence-corrected chi connectivity index (χ1v) is 13.8. The van der Waals surface area contributed by atoms with Crippen LogP contribution in [0.3, 0.4) is 0 Å². The summed E-state index contributed by atoms with van der Waals surface area (Å²) in [4.78, 5) is 24.4. The summed E-state index contributed by atoms with van der Waals surface area (Å²) in [5, 5.41) is 2.65. The minimum Gasteiger partial charge on any atom is -0.462 e. The molecule has 3 rings (SSSR count). The summed E-state index contributed by atoms with van der Waals surface area (Å²) >= 11 is 0. The number of anilines is 1. The highest BCUT2D eigenvalue weighted by atomic mass is 32.2. The first-order chi connectivity index (χ1) is 15.6. The van der Waals surface area contributed by atoms with E-state index in [-0.39, 0.29) is 28.4 Å². The average molecular weight is 495 g/mol. The monoisotopic (exact) mass is 494 g/mol. The fourth-order valence-corrected chi connectivity index (χ4v) is 6.36. The molecule has 1 atom stereocenters. The van der Waals surface area contributed by atoms with Crippen molar-refractivity contribution in [3.8, 4) is 0 Å². The van der Waals surface area contributed by atoms with Gasteiger partial charge in [0.05, 0.1) is 28.6 Å². The Hall–Kier alpha value is -2.76. The van der Waals surface area contributed by atoms with Gasteiger partial charge in [-0.1, -0.05) is 19.4 Å². The van der Waals surface area contributed by atoms with Gasteiger partial charge < -0.3 is 10.1 Å². The van der Waals surface area contributed by atoms with E-state index in [1.807, 2.05) is 6.92 Å². The lowest BCUT2D eigenvalue weighted by atomic mass is 10.2. The van der Waals surface area contributed by atoms with Gasteiger partial charge in [0.2, 0.25) is 10.0 Å². The molecule has 2 aromatic rings. The number of hydrogen-bond donors (Lipinski definition) is 2. The van der Waals surface area contributed by atoms with E-state index in [9.17, 15) is 26.4 Å². The molecule has 1 fully saturated rings. The quantitative estimate of drug-likeness (QED) is 0.403. The van der Waals surface area contributed by atoms with Crippen molar-refractivity contribution >= 4 is 37.4 Å². The Kier molecular flexibility index (Phi) is 7.88. The predicted octanol–water partition coefficient (Wildman–Crippen LogP) is 2.36. The third-order valence-corrected chi connectivity index (χ3v) is 8.36. The summed E-state index contributed by atoms with van der Waals surface area (Å²) < 4.78 is 56.0. The number of sulfone groups is 1. The number of carbonyl (C=O) groups excluding carboxylic acids is 2. The minimum atomic E-state index is -3.99. The van der Waals surface area contributed by atoms with Crippen molar-refractivity contribution < 1.29 is 31.2 Å². The number of amides is 1. The number of ether oxygens (including phenoxy) is 1. The van der Waals surface area contributed by atoms with Crippen molar-refractivity contribution in [2.75, 3.05) is 23.4 Å². The molecular formula is C22H26N2O7S2. The molecule has 1 aliphatic heterocycles. The Balaban J connectivity index is 1.65. The van der Waals surface area contributed by atoms with Crippen molar-refractivity contribution in [2.24, 2.45) is 0 Å². The van der Waals surface area contributed by atoms with Crippen LogP contribution in [0.1, 0.15) is 46.9 Å². The number of rotatable bonds is 9. The molecule has 0 saturated carbocycles. The Morgan fingerprint density at radius 3 is 2.45 bits per heavy atom. The smallest absolute Gasteiger partial charge is 0.338 e. The molecule has 1 heterocycles. The highest BCUT2D eigenvalue weighted by Gasteiger charge is 2.31. The zero-order chi connectivity index (χ0) is 24.1. The normalized spacial score (nSPS) is 17.4. The van der Waals surface area contributed by atoms with Gasteiger partial charge in [-0.2, -0.15) is 0 Å². The minimum absolute atomic E-state index is 0.0577. The summed E-state index contributed by atoms with van der Waals surface area (Å²) in [5.74, 6) is -1.28. The van der Waals surface area contributed by atoms with Crippen LogP contribution >= 0.6 is 0 Å². The standard InChI is InChI=1S/C22H26N2O7S2/c1-2-3-12-31-22(26)16-7-9-18(10-8-16)23-21(25)17-5-4-6-20(14-17)33(29,30)24-19-11-13-32(27,28)15-19/h4-10,14,19,24H,2-3,11-13,15H2,1H3,(H,23,25). The second kappa shape index (κ2) is 10.4. The summed E-state index contributed by atoms with van der Waals surface area (Å²) in [6.45, 7) is 2.34. The van der Waals surface area contributed by atoms with Crippen LogP contribution in [0.5, 0.6) is 0 Å². The molecule has 178 valence electrons. The number of esters is 1. The van der Waals surface area contributed by atoms with E-state index in [1.54, 1.807) is 12.1 Å². The second-order valence-electron chi connectivity index (χ2n) is 7.77. The first-order valence-electron chi connectivity index (χ1n) is 10.5. The summed E-state index contributed by atoms with van der Waals surface area (Å²) in [7, 11) is -7.23. The SMILES string of the molecule is CCCCOC(=O)c1ccc(NC(=O)c2cccc(S(=O)(=O)NC3CCS(=O)(=O)C3)c2)cc1. The van der Waals surface area contributed by atoms with Crippen molar-refractivity contribution in [3.05, 3.63) is 59.7 Å². The van der Waals surface area contributed by atoms with E-state index in [0.29, 0.717) is 17.9 Å². The van der Waals surface area contributed by atoms with E-state index >= 15 is 0 Å². The number of sulfonamides is 1. The predicted molar refractivity (Wildman–Crippen MR) is 123 cm³/mol. The van der Waals surface area contributed by atoms with Crippen molar-refractivity contribution in [3.63, 3.8) is 0 Å². The molecule has 0 spiro atoms. The molecule has 1 aliphatic rings. The Labute approximate surface area is 193 Å². The second-order valence-corrected chi connectivity index (χ2v) is 11.7. The summed E-state index contributed by atoms with van der Waals surface area (Å²) in [5.41, 5.74) is 0.893. The lowest BCUT2D eigenvalue weighted by Crippen LogP contribution is -2.35. The highest BCUT2D eigenvalue weighted by Crippen LogP contribution is 2.18. The van der Waals surface area contributed by atoms with Crippen LogP contribution in [0.25, 0.3) is 0 Å². The van der Waals surface area contributed by atoms with Gasteiger partial charge in [0.15, 0.2) is 9.84 Å². The zero-order valence-electron chi connectivity index (χ0n) is 18.1. The fraction of sp³-hybridized carbons (Fsp3) is 0.364. The molecular weight excluding hydrogens is 468 g/mol. The molecule has 11 heteroatoms. The van der Waals surface area contributed by atoms with Gasteiger partial charge in [-0.15, -0.1) is 0 Å². The van der Waals surface area contributed by atoms with Gasteiger partial charge >= 0.3 is 5.97 Å². The lowest BCUT2D eigenvalue weighted by Gasteiger charge is -2.12. The molecule has 33 heavy (non-hydrogen) atoms. The van der Waals surface area contributed by atoms with Gasteiger partial charge in [-0.3, -0.25) is 4.79 Å². The average Bonchev–Trinajstić information content (AvgIpc) is 3.11. The van der Waals surface area contributed by atoms with E-state index < -0.39 is 37.8 Å². The van der Waals surface area contributed by atoms with E-state index in [0.717, 1.165) is 12.8 Å². The number of nitrogens with one attached hydrogen (secondary N) is 2. The van der Waals surface area contributed by atoms with Gasteiger partial charge in [0.1, 0.15) is 0 Å². The number of unbranched alkanes of at least 4 members (excludes halogenated alkanes) is 1. The molecule has 0 bridgehead atoms. The molecule has 0 radical (unpaired) electrons. The molecule has 2 N–H and O–H groups in total. The molecule has 9 nitrogen and oxygen atoms in total. The van der Waals surface area contributed by atoms with Crippen LogP contribution in [0.2, 0.25) is 0 Å². The van der Waals surface area contributed by atoms with Crippen LogP contribution in [0.15, 0.2) is 53.4 Å². The van der Waals surface area contributed by atoms with Crippen molar-refractivity contribution in [1.82, 2.24) is 4.72 Å². The third kappa shape index (κ3) is 6.86. The van der Waals surface area contributed by atoms with E-state index in [4.69, 9.17) is 4.74 Å². The fourth-order valence-electron chi connectivity index (χ4n) is 3.27. The molecule has 1 amide bonds. The van der Waals surface area contributed by atoms with Gasteiger partial charge in [0.25, 0.3) is 5.91 Å². The number of hydrogen-bond acceptors (Lipinski definition) is 7. The Morgan fingerprint density at radius 2 is 1.82 bits per heavy atom. The van der Waals surface area contributed by atoms with Crippen LogP contribution in [-0.2, 0) is 24.6 Å². The van der Waals surface area contributed by atoms with Crippen LogP contribution in [-0.4, -0.2) is 52.9 Å². The largest absolute Gasteiger partial charge is 0.462 e. The highest BCUT2D eigenvalue weighted by molar-refractivity contribution is 7.92. The maximum absolute atomic E-state index is 12.6. The molecule has 1 saturated heterocycles. The van der Waals surface area contributed by atoms with Crippen LogP contribution in [0, 0.1) is 0 Å². The first kappa shape index (κ1) is 24.9. The number of carbonyl (C=O) groups is 2. The van der Waals surface area contributed by atoms with Gasteiger partial charge in [0, 0.05) is 17.3 Å². The molecule has 1 unspecified atom stereocenters. The maximum Gasteiger partial charge on any atom is 0.338 e. The molecule has 0 aliphatic carbocycles. The summed E-state index contributed by atoms with van der Waals surface area (Å²) in [6.07, 6.45) is 1.91. The van der Waals surface area contributed by atoms with Crippen molar-refractivity contribution in [1.29, 1.82) is 0 Å². The number of benzene rings is 2. The topological polar surface area (TPSA) is 136 Å². The molecule has 0 aromatic heterocycles. The van der Waals surface area contributed by atoms with E-state index in [1.165, 1.54) is 36.4 Å². The zero-order valence-corrected chi connectivity index (χ0v) is 19.7. The molecule has 2 aromatic carbocycles. The van der Waals surface area contributed by atoms with Crippen molar-refractivity contribution in [2.45, 2.75) is 37.1 Å². The summed E-state index contributed by atoms with van der Waals surface area (Å²) in [6, 6.07) is 10.9. The third-order valence-electron chi connectivity index (χ3n) is 5.07. The Bertz CT molecular complexity index is 1220.